The predicted molar refractivity (Wildman–Crippen MR) is 71.9 cm³/mol. The Hall–Kier alpha value is -0.590. The number of halogens is 4. The van der Waals surface area contributed by atoms with Gasteiger partial charge in [0.05, 0.1) is 19.6 Å². The highest BCUT2D eigenvalue weighted by Gasteiger charge is 2.26. The van der Waals surface area contributed by atoms with Gasteiger partial charge in [-0.3, -0.25) is 0 Å². The third-order valence-corrected chi connectivity index (χ3v) is 3.22. The van der Waals surface area contributed by atoms with Gasteiger partial charge >= 0.3 is 6.18 Å². The monoisotopic (exact) mass is 339 g/mol. The van der Waals surface area contributed by atoms with Crippen molar-refractivity contribution in [2.24, 2.45) is 0 Å². The van der Waals surface area contributed by atoms with E-state index in [9.17, 15) is 13.2 Å². The van der Waals surface area contributed by atoms with E-state index in [1.54, 1.807) is 0 Å². The maximum Gasteiger partial charge on any atom is 0.391 e. The van der Waals surface area contributed by atoms with Crippen LogP contribution >= 0.6 is 15.9 Å². The molecule has 0 amide bonds. The van der Waals surface area contributed by atoms with E-state index in [-0.39, 0.29) is 13.2 Å². The Balaban J connectivity index is 2.42. The average molecular weight is 340 g/mol. The molecule has 0 fully saturated rings. The van der Waals surface area contributed by atoms with E-state index in [0.717, 1.165) is 28.7 Å². The largest absolute Gasteiger partial charge is 0.391 e. The lowest BCUT2D eigenvalue weighted by molar-refractivity contribution is -0.146. The summed E-state index contributed by atoms with van der Waals surface area (Å²) in [6.07, 6.45) is -5.07. The molecule has 0 saturated heterocycles. The van der Waals surface area contributed by atoms with Crippen molar-refractivity contribution >= 4 is 15.9 Å². The summed E-state index contributed by atoms with van der Waals surface area (Å²) in [5.41, 5.74) is 1.97. The molecule has 0 saturated carbocycles. The molecule has 0 aliphatic rings. The minimum atomic E-state index is -4.16. The second-order valence-corrected chi connectivity index (χ2v) is 4.98. The molecular weight excluding hydrogens is 323 g/mol. The Kier molecular flexibility index (Phi) is 6.82. The summed E-state index contributed by atoms with van der Waals surface area (Å²) in [4.78, 5) is 0. The number of rotatable bonds is 7. The lowest BCUT2D eigenvalue weighted by Gasteiger charge is -2.10. The standard InChI is InChI=1S/C13H17BrF3NO/c1-2-18-8-10-3-4-11(12(14)7-10)9-19-6-5-13(15,16)17/h3-4,7,18H,2,5-6,8-9H2,1H3. The van der Waals surface area contributed by atoms with E-state index in [0.29, 0.717) is 0 Å². The van der Waals surface area contributed by atoms with Crippen LogP contribution in [0.25, 0.3) is 0 Å². The Morgan fingerprint density at radius 3 is 2.63 bits per heavy atom. The highest BCUT2D eigenvalue weighted by Crippen LogP contribution is 2.22. The van der Waals surface area contributed by atoms with Gasteiger partial charge in [-0.2, -0.15) is 13.2 Å². The summed E-state index contributed by atoms with van der Waals surface area (Å²) in [6, 6.07) is 5.76. The molecule has 108 valence electrons. The minimum absolute atomic E-state index is 0.179. The molecule has 1 N–H and O–H groups in total. The highest BCUT2D eigenvalue weighted by atomic mass is 79.9. The molecule has 0 atom stereocenters. The molecule has 0 bridgehead atoms. The maximum atomic E-state index is 11.9. The van der Waals surface area contributed by atoms with Crippen LogP contribution in [0.1, 0.15) is 24.5 Å². The molecule has 0 heterocycles. The van der Waals surface area contributed by atoms with Crippen molar-refractivity contribution in [3.63, 3.8) is 0 Å². The average Bonchev–Trinajstić information content (AvgIpc) is 2.32. The third-order valence-electron chi connectivity index (χ3n) is 2.48. The van der Waals surface area contributed by atoms with Gasteiger partial charge in [0.15, 0.2) is 0 Å². The van der Waals surface area contributed by atoms with Crippen LogP contribution in [-0.2, 0) is 17.9 Å². The van der Waals surface area contributed by atoms with Crippen molar-refractivity contribution in [2.45, 2.75) is 32.7 Å². The first-order valence-corrected chi connectivity index (χ1v) is 6.84. The van der Waals surface area contributed by atoms with Gasteiger partial charge in [0.25, 0.3) is 0 Å². The fraction of sp³-hybridized carbons (Fsp3) is 0.538. The van der Waals surface area contributed by atoms with Crippen LogP contribution in [0.4, 0.5) is 13.2 Å². The van der Waals surface area contributed by atoms with Crippen LogP contribution in [0.5, 0.6) is 0 Å². The molecule has 6 heteroatoms. The number of hydrogen-bond donors (Lipinski definition) is 1. The van der Waals surface area contributed by atoms with E-state index in [1.165, 1.54) is 0 Å². The number of benzene rings is 1. The molecule has 0 radical (unpaired) electrons. The molecule has 0 spiro atoms. The smallest absolute Gasteiger partial charge is 0.376 e. The Labute approximate surface area is 119 Å². The zero-order chi connectivity index (χ0) is 14.3. The van der Waals surface area contributed by atoms with Gasteiger partial charge in [-0.1, -0.05) is 35.0 Å². The second-order valence-electron chi connectivity index (χ2n) is 4.12. The predicted octanol–water partition coefficient (Wildman–Crippen LogP) is 4.03. The van der Waals surface area contributed by atoms with Crippen molar-refractivity contribution in [3.8, 4) is 0 Å². The van der Waals surface area contributed by atoms with Crippen molar-refractivity contribution in [1.29, 1.82) is 0 Å². The number of hydrogen-bond acceptors (Lipinski definition) is 2. The van der Waals surface area contributed by atoms with Gasteiger partial charge in [0.1, 0.15) is 0 Å². The first-order chi connectivity index (χ1) is 8.92. The van der Waals surface area contributed by atoms with Gasteiger partial charge in [-0.15, -0.1) is 0 Å². The van der Waals surface area contributed by atoms with E-state index in [2.05, 4.69) is 21.2 Å². The SMILES string of the molecule is CCNCc1ccc(COCCC(F)(F)F)c(Br)c1. The highest BCUT2D eigenvalue weighted by molar-refractivity contribution is 9.10. The molecular formula is C13H17BrF3NO. The Morgan fingerprint density at radius 1 is 1.32 bits per heavy atom. The van der Waals surface area contributed by atoms with E-state index < -0.39 is 12.6 Å². The van der Waals surface area contributed by atoms with Crippen LogP contribution in [0.15, 0.2) is 22.7 Å². The third kappa shape index (κ3) is 6.94. The Bertz CT molecular complexity index is 396. The summed E-state index contributed by atoms with van der Waals surface area (Å²) in [7, 11) is 0. The van der Waals surface area contributed by atoms with Crippen molar-refractivity contribution in [2.75, 3.05) is 13.2 Å². The van der Waals surface area contributed by atoms with Gasteiger partial charge in [-0.25, -0.2) is 0 Å². The Morgan fingerprint density at radius 2 is 2.05 bits per heavy atom. The first-order valence-electron chi connectivity index (χ1n) is 6.05. The van der Waals surface area contributed by atoms with Gasteiger partial charge < -0.3 is 10.1 Å². The molecule has 19 heavy (non-hydrogen) atoms. The number of alkyl halides is 3. The number of nitrogens with one attached hydrogen (secondary N) is 1. The van der Waals surface area contributed by atoms with E-state index in [1.807, 2.05) is 25.1 Å². The lowest BCUT2D eigenvalue weighted by atomic mass is 10.1. The molecule has 2 nitrogen and oxygen atoms in total. The molecule has 1 aromatic rings. The fourth-order valence-electron chi connectivity index (χ4n) is 1.46. The summed E-state index contributed by atoms with van der Waals surface area (Å²) in [5, 5.41) is 3.20. The quantitative estimate of drug-likeness (QED) is 0.757. The van der Waals surface area contributed by atoms with Crippen LogP contribution in [0.2, 0.25) is 0 Å². The van der Waals surface area contributed by atoms with Crippen LogP contribution in [0, 0.1) is 0 Å². The van der Waals surface area contributed by atoms with Crippen LogP contribution in [-0.4, -0.2) is 19.3 Å². The molecule has 0 aliphatic carbocycles. The fourth-order valence-corrected chi connectivity index (χ4v) is 2.00. The summed E-state index contributed by atoms with van der Waals surface area (Å²) < 4.78 is 41.7. The molecule has 1 rings (SSSR count). The van der Waals surface area contributed by atoms with Crippen LogP contribution < -0.4 is 5.32 Å². The lowest BCUT2D eigenvalue weighted by Crippen LogP contribution is -2.12. The summed E-state index contributed by atoms with van der Waals surface area (Å²) >= 11 is 3.40. The first kappa shape index (κ1) is 16.5. The van der Waals surface area contributed by atoms with Gasteiger partial charge in [0.2, 0.25) is 0 Å². The van der Waals surface area contributed by atoms with Gasteiger partial charge in [-0.05, 0) is 23.7 Å². The van der Waals surface area contributed by atoms with Gasteiger partial charge in [0, 0.05) is 11.0 Å². The topological polar surface area (TPSA) is 21.3 Å². The van der Waals surface area contributed by atoms with Crippen molar-refractivity contribution in [3.05, 3.63) is 33.8 Å². The molecule has 0 unspecified atom stereocenters. The second kappa shape index (κ2) is 7.87. The van der Waals surface area contributed by atoms with Crippen LogP contribution in [0.3, 0.4) is 0 Å². The van der Waals surface area contributed by atoms with Crippen molar-refractivity contribution < 1.29 is 17.9 Å². The zero-order valence-electron chi connectivity index (χ0n) is 10.7. The normalized spacial score (nSPS) is 11.8. The molecule has 1 aromatic carbocycles. The zero-order valence-corrected chi connectivity index (χ0v) is 12.3. The molecule has 0 aliphatic heterocycles. The minimum Gasteiger partial charge on any atom is -0.376 e. The van der Waals surface area contributed by atoms with Crippen molar-refractivity contribution in [1.82, 2.24) is 5.32 Å². The number of ether oxygens (including phenoxy) is 1. The maximum absolute atomic E-state index is 11.9. The van der Waals surface area contributed by atoms with E-state index in [4.69, 9.17) is 4.74 Å². The summed E-state index contributed by atoms with van der Waals surface area (Å²) in [6.45, 7) is 3.55. The van der Waals surface area contributed by atoms with E-state index >= 15 is 0 Å². The summed E-state index contributed by atoms with van der Waals surface area (Å²) in [5.74, 6) is 0. The molecule has 0 aromatic heterocycles.